The summed E-state index contributed by atoms with van der Waals surface area (Å²) in [5.41, 5.74) is 0.341. The van der Waals surface area contributed by atoms with Crippen LogP contribution in [0.25, 0.3) is 0 Å². The van der Waals surface area contributed by atoms with Crippen LogP contribution in [0.15, 0.2) is 28.1 Å². The summed E-state index contributed by atoms with van der Waals surface area (Å²) >= 11 is 3.26. The van der Waals surface area contributed by atoms with Gasteiger partial charge in [-0.15, -0.1) is 16.8 Å². The quantitative estimate of drug-likeness (QED) is 0.791. The number of halogens is 1. The lowest BCUT2D eigenvalue weighted by molar-refractivity contribution is 0.647. The molecular weight excluding hydrogens is 314 g/mol. The molecule has 0 aromatic carbocycles. The Morgan fingerprint density at radius 1 is 1.68 bits per heavy atom. The molecule has 2 aromatic heterocycles. The first-order valence-corrected chi connectivity index (χ1v) is 6.29. The van der Waals surface area contributed by atoms with Crippen LogP contribution >= 0.6 is 15.9 Å². The highest BCUT2D eigenvalue weighted by molar-refractivity contribution is 9.10. The number of tetrazole rings is 1. The Morgan fingerprint density at radius 3 is 3.11 bits per heavy atom. The van der Waals surface area contributed by atoms with Crippen molar-refractivity contribution in [1.29, 1.82) is 0 Å². The van der Waals surface area contributed by atoms with Crippen LogP contribution in [0, 0.1) is 0 Å². The standard InChI is InChI=1S/C10H12BrN7O/c1-3-4-18-10(19)8(11)7(5-12-18)13-6(2)9-14-16-17-15-9/h3,5-6,13H,1,4H2,2H3,(H,14,15,16,17). The fraction of sp³-hybridized carbons (Fsp3) is 0.300. The summed E-state index contributed by atoms with van der Waals surface area (Å²) in [5, 5.41) is 20.7. The van der Waals surface area contributed by atoms with Crippen LogP contribution in [-0.2, 0) is 6.54 Å². The Kier molecular flexibility index (Phi) is 4.05. The van der Waals surface area contributed by atoms with Gasteiger partial charge in [-0.2, -0.15) is 10.3 Å². The van der Waals surface area contributed by atoms with Gasteiger partial charge in [-0.05, 0) is 22.9 Å². The molecule has 2 aromatic rings. The van der Waals surface area contributed by atoms with Crippen molar-refractivity contribution in [2.75, 3.05) is 5.32 Å². The zero-order chi connectivity index (χ0) is 13.8. The molecule has 2 rings (SSSR count). The molecule has 0 fully saturated rings. The Hall–Kier alpha value is -2.03. The normalized spacial score (nSPS) is 12.1. The van der Waals surface area contributed by atoms with Crippen LogP contribution in [0.5, 0.6) is 0 Å². The van der Waals surface area contributed by atoms with E-state index in [0.29, 0.717) is 22.5 Å². The number of allylic oxidation sites excluding steroid dienone is 1. The molecule has 0 amide bonds. The van der Waals surface area contributed by atoms with E-state index in [1.807, 2.05) is 6.92 Å². The molecule has 0 bridgehead atoms. The molecule has 1 atom stereocenters. The van der Waals surface area contributed by atoms with E-state index in [0.717, 1.165) is 0 Å². The Balaban J connectivity index is 2.24. The van der Waals surface area contributed by atoms with Gasteiger partial charge in [0.2, 0.25) is 0 Å². The molecule has 9 heteroatoms. The summed E-state index contributed by atoms with van der Waals surface area (Å²) in [6, 6.07) is -0.202. The van der Waals surface area contributed by atoms with Gasteiger partial charge in [0.25, 0.3) is 5.56 Å². The molecule has 2 heterocycles. The van der Waals surface area contributed by atoms with Gasteiger partial charge >= 0.3 is 0 Å². The van der Waals surface area contributed by atoms with Crippen molar-refractivity contribution in [1.82, 2.24) is 30.4 Å². The number of aromatic nitrogens is 6. The highest BCUT2D eigenvalue weighted by Gasteiger charge is 2.14. The van der Waals surface area contributed by atoms with E-state index < -0.39 is 0 Å². The number of H-pyrrole nitrogens is 1. The molecule has 0 aliphatic rings. The first kappa shape index (κ1) is 13.4. The van der Waals surface area contributed by atoms with Crippen LogP contribution in [-0.4, -0.2) is 30.4 Å². The van der Waals surface area contributed by atoms with E-state index in [2.05, 4.69) is 53.5 Å². The maximum Gasteiger partial charge on any atom is 0.283 e. The molecule has 0 aliphatic heterocycles. The summed E-state index contributed by atoms with van der Waals surface area (Å²) < 4.78 is 1.71. The summed E-state index contributed by atoms with van der Waals surface area (Å²) in [6.07, 6.45) is 3.17. The van der Waals surface area contributed by atoms with E-state index in [1.165, 1.54) is 4.68 Å². The van der Waals surface area contributed by atoms with E-state index in [9.17, 15) is 4.79 Å². The average Bonchev–Trinajstić information content (AvgIpc) is 2.92. The van der Waals surface area contributed by atoms with Gasteiger partial charge in [-0.25, -0.2) is 4.68 Å². The maximum atomic E-state index is 12.0. The van der Waals surface area contributed by atoms with E-state index in [4.69, 9.17) is 0 Å². The van der Waals surface area contributed by atoms with Crippen molar-refractivity contribution >= 4 is 21.6 Å². The summed E-state index contributed by atoms with van der Waals surface area (Å²) in [6.45, 7) is 5.79. The molecule has 0 saturated heterocycles. The molecule has 2 N–H and O–H groups in total. The Labute approximate surface area is 117 Å². The van der Waals surface area contributed by atoms with Gasteiger partial charge in [0.1, 0.15) is 4.47 Å². The number of nitrogens with zero attached hydrogens (tertiary/aromatic N) is 5. The molecule has 0 radical (unpaired) electrons. The second-order valence-electron chi connectivity index (χ2n) is 3.78. The zero-order valence-corrected chi connectivity index (χ0v) is 11.8. The minimum atomic E-state index is -0.231. The SMILES string of the molecule is C=CCn1ncc(NC(C)c2nn[nH]n2)c(Br)c1=O. The number of anilines is 1. The minimum absolute atomic E-state index is 0.202. The maximum absolute atomic E-state index is 12.0. The first-order valence-electron chi connectivity index (χ1n) is 5.50. The predicted octanol–water partition coefficient (Wildman–Crippen LogP) is 0.878. The first-order chi connectivity index (χ1) is 9.13. The van der Waals surface area contributed by atoms with Gasteiger partial charge in [-0.3, -0.25) is 4.79 Å². The second kappa shape index (κ2) is 5.74. The second-order valence-corrected chi connectivity index (χ2v) is 4.58. The van der Waals surface area contributed by atoms with Crippen LogP contribution < -0.4 is 10.9 Å². The molecule has 8 nitrogen and oxygen atoms in total. The smallest absolute Gasteiger partial charge is 0.283 e. The summed E-state index contributed by atoms with van der Waals surface area (Å²) in [5.74, 6) is 0.502. The number of rotatable bonds is 5. The van der Waals surface area contributed by atoms with Crippen molar-refractivity contribution in [3.05, 3.63) is 39.5 Å². The number of hydrogen-bond acceptors (Lipinski definition) is 6. The highest BCUT2D eigenvalue weighted by atomic mass is 79.9. The minimum Gasteiger partial charge on any atom is -0.373 e. The van der Waals surface area contributed by atoms with Gasteiger partial charge in [0.05, 0.1) is 24.5 Å². The molecule has 0 aliphatic carbocycles. The third-order valence-corrected chi connectivity index (χ3v) is 3.17. The lowest BCUT2D eigenvalue weighted by atomic mass is 10.3. The van der Waals surface area contributed by atoms with Crippen LogP contribution in [0.3, 0.4) is 0 Å². The van der Waals surface area contributed by atoms with E-state index >= 15 is 0 Å². The predicted molar refractivity (Wildman–Crippen MR) is 72.6 cm³/mol. The van der Waals surface area contributed by atoms with Crippen molar-refractivity contribution in [2.45, 2.75) is 19.5 Å². The zero-order valence-electron chi connectivity index (χ0n) is 10.2. The number of nitrogens with one attached hydrogen (secondary N) is 2. The van der Waals surface area contributed by atoms with E-state index in [-0.39, 0.29) is 11.6 Å². The fourth-order valence-corrected chi connectivity index (χ4v) is 1.89. The molecule has 1 unspecified atom stereocenters. The fourth-order valence-electron chi connectivity index (χ4n) is 1.47. The van der Waals surface area contributed by atoms with Crippen LogP contribution in [0.2, 0.25) is 0 Å². The summed E-state index contributed by atoms with van der Waals surface area (Å²) in [4.78, 5) is 12.0. The number of hydrogen-bond donors (Lipinski definition) is 2. The van der Waals surface area contributed by atoms with Crippen molar-refractivity contribution < 1.29 is 0 Å². The summed E-state index contributed by atoms with van der Waals surface area (Å²) in [7, 11) is 0. The Morgan fingerprint density at radius 2 is 2.47 bits per heavy atom. The lowest BCUT2D eigenvalue weighted by Crippen LogP contribution is -2.24. The topological polar surface area (TPSA) is 101 Å². The molecule has 19 heavy (non-hydrogen) atoms. The van der Waals surface area contributed by atoms with Gasteiger partial charge in [0, 0.05) is 0 Å². The Bertz CT molecular complexity index is 621. The molecule has 0 spiro atoms. The van der Waals surface area contributed by atoms with Gasteiger partial charge in [0.15, 0.2) is 5.82 Å². The van der Waals surface area contributed by atoms with Gasteiger partial charge < -0.3 is 5.32 Å². The lowest BCUT2D eigenvalue weighted by Gasteiger charge is -2.13. The monoisotopic (exact) mass is 325 g/mol. The average molecular weight is 326 g/mol. The third kappa shape index (κ3) is 2.87. The number of aromatic amines is 1. The molecular formula is C10H12BrN7O. The van der Waals surface area contributed by atoms with Crippen molar-refractivity contribution in [3.8, 4) is 0 Å². The van der Waals surface area contributed by atoms with Crippen molar-refractivity contribution in [2.24, 2.45) is 0 Å². The third-order valence-electron chi connectivity index (χ3n) is 2.41. The van der Waals surface area contributed by atoms with Crippen LogP contribution in [0.4, 0.5) is 5.69 Å². The highest BCUT2D eigenvalue weighted by Crippen LogP contribution is 2.20. The molecule has 0 saturated carbocycles. The van der Waals surface area contributed by atoms with Crippen molar-refractivity contribution in [3.63, 3.8) is 0 Å². The molecule has 100 valence electrons. The van der Waals surface area contributed by atoms with Gasteiger partial charge in [-0.1, -0.05) is 11.3 Å². The largest absolute Gasteiger partial charge is 0.373 e. The van der Waals surface area contributed by atoms with E-state index in [1.54, 1.807) is 12.3 Å². The van der Waals surface area contributed by atoms with Crippen LogP contribution in [0.1, 0.15) is 18.8 Å².